The molecule has 0 spiro atoms. The third-order valence-electron chi connectivity index (χ3n) is 4.43. The standard InChI is InChI=1S/C19H32N4O4/c1-6-8-22-11-15(20-13-22)10-16(17(24)26-5)23-9-7-14(12-23)21-18(25)27-19(2,3)4/h11,13-14,16H,6-10,12H2,1-5H3,(H,21,25). The van der Waals surface area contributed by atoms with Crippen molar-refractivity contribution in [2.24, 2.45) is 0 Å². The summed E-state index contributed by atoms with van der Waals surface area (Å²) in [5.74, 6) is -0.280. The highest BCUT2D eigenvalue weighted by atomic mass is 16.6. The Kier molecular flexibility index (Phi) is 7.24. The van der Waals surface area contributed by atoms with E-state index in [2.05, 4.69) is 17.2 Å². The molecule has 1 aromatic rings. The number of rotatable bonds is 7. The molecular weight excluding hydrogens is 348 g/mol. The molecule has 1 N–H and O–H groups in total. The first-order valence-electron chi connectivity index (χ1n) is 9.54. The number of esters is 1. The van der Waals surface area contributed by atoms with Gasteiger partial charge >= 0.3 is 12.1 Å². The van der Waals surface area contributed by atoms with Crippen LogP contribution in [0.4, 0.5) is 4.79 Å². The summed E-state index contributed by atoms with van der Waals surface area (Å²) in [5, 5.41) is 2.89. The Labute approximate surface area is 161 Å². The number of aryl methyl sites for hydroxylation is 1. The first kappa shape index (κ1) is 21.2. The van der Waals surface area contributed by atoms with E-state index in [-0.39, 0.29) is 12.0 Å². The monoisotopic (exact) mass is 380 g/mol. The van der Waals surface area contributed by atoms with Gasteiger partial charge in [-0.25, -0.2) is 9.78 Å². The molecule has 1 aromatic heterocycles. The molecule has 27 heavy (non-hydrogen) atoms. The van der Waals surface area contributed by atoms with Crippen molar-refractivity contribution in [3.05, 3.63) is 18.2 Å². The van der Waals surface area contributed by atoms with Crippen LogP contribution in [-0.4, -0.2) is 64.4 Å². The molecule has 2 unspecified atom stereocenters. The average Bonchev–Trinajstić information content (AvgIpc) is 3.20. The number of carbonyl (C=O) groups is 2. The van der Waals surface area contributed by atoms with Gasteiger partial charge in [-0.15, -0.1) is 0 Å². The largest absolute Gasteiger partial charge is 0.468 e. The van der Waals surface area contributed by atoms with Gasteiger partial charge in [0, 0.05) is 38.3 Å². The Morgan fingerprint density at radius 1 is 1.41 bits per heavy atom. The summed E-state index contributed by atoms with van der Waals surface area (Å²) >= 11 is 0. The normalized spacial score (nSPS) is 18.9. The van der Waals surface area contributed by atoms with Crippen molar-refractivity contribution < 1.29 is 19.1 Å². The third kappa shape index (κ3) is 6.53. The van der Waals surface area contributed by atoms with Crippen LogP contribution in [0.5, 0.6) is 0 Å². The molecule has 152 valence electrons. The maximum Gasteiger partial charge on any atom is 0.407 e. The fourth-order valence-corrected chi connectivity index (χ4v) is 3.25. The summed E-state index contributed by atoms with van der Waals surface area (Å²) in [7, 11) is 1.40. The predicted octanol–water partition coefficient (Wildman–Crippen LogP) is 1.98. The van der Waals surface area contributed by atoms with E-state index in [9.17, 15) is 9.59 Å². The number of alkyl carbamates (subject to hydrolysis) is 1. The number of imidazole rings is 1. The van der Waals surface area contributed by atoms with Crippen molar-refractivity contribution in [3.8, 4) is 0 Å². The number of hydrogen-bond acceptors (Lipinski definition) is 6. The van der Waals surface area contributed by atoms with Crippen molar-refractivity contribution in [2.45, 2.75) is 71.2 Å². The molecule has 1 amide bonds. The minimum atomic E-state index is -0.533. The molecule has 2 rings (SSSR count). The number of ether oxygens (including phenoxy) is 2. The first-order valence-corrected chi connectivity index (χ1v) is 9.54. The van der Waals surface area contributed by atoms with Crippen LogP contribution < -0.4 is 5.32 Å². The molecule has 1 aliphatic heterocycles. The predicted molar refractivity (Wildman–Crippen MR) is 101 cm³/mol. The Morgan fingerprint density at radius 3 is 2.78 bits per heavy atom. The lowest BCUT2D eigenvalue weighted by Gasteiger charge is -2.25. The van der Waals surface area contributed by atoms with Crippen LogP contribution in [0.1, 0.15) is 46.2 Å². The van der Waals surface area contributed by atoms with E-state index < -0.39 is 17.7 Å². The Balaban J connectivity index is 1.96. The second-order valence-corrected chi connectivity index (χ2v) is 7.97. The SMILES string of the molecule is CCCn1cnc(CC(C(=O)OC)N2CCC(NC(=O)OC(C)(C)C)C2)c1. The summed E-state index contributed by atoms with van der Waals surface area (Å²) in [6, 6.07) is -0.463. The van der Waals surface area contributed by atoms with Gasteiger partial charge in [0.15, 0.2) is 0 Å². The van der Waals surface area contributed by atoms with Crippen LogP contribution in [0.25, 0.3) is 0 Å². The maximum atomic E-state index is 12.3. The van der Waals surface area contributed by atoms with Crippen LogP contribution in [0.15, 0.2) is 12.5 Å². The number of nitrogens with zero attached hydrogens (tertiary/aromatic N) is 3. The zero-order valence-corrected chi connectivity index (χ0v) is 17.0. The Hall–Kier alpha value is -2.09. The molecule has 1 aliphatic rings. The van der Waals surface area contributed by atoms with Crippen molar-refractivity contribution in [1.29, 1.82) is 0 Å². The number of amides is 1. The Morgan fingerprint density at radius 2 is 2.15 bits per heavy atom. The number of methoxy groups -OCH3 is 1. The number of nitrogens with one attached hydrogen (secondary N) is 1. The van der Waals surface area contributed by atoms with E-state index in [4.69, 9.17) is 9.47 Å². The van der Waals surface area contributed by atoms with Gasteiger partial charge in [-0.05, 0) is 33.6 Å². The number of hydrogen-bond donors (Lipinski definition) is 1. The highest BCUT2D eigenvalue weighted by Gasteiger charge is 2.34. The van der Waals surface area contributed by atoms with Gasteiger partial charge in [0.05, 0.1) is 19.1 Å². The summed E-state index contributed by atoms with van der Waals surface area (Å²) in [6.45, 7) is 9.79. The topological polar surface area (TPSA) is 85.7 Å². The van der Waals surface area contributed by atoms with Gasteiger partial charge < -0.3 is 19.4 Å². The van der Waals surface area contributed by atoms with Crippen LogP contribution in [0.3, 0.4) is 0 Å². The molecule has 0 aromatic carbocycles. The second-order valence-electron chi connectivity index (χ2n) is 7.97. The summed E-state index contributed by atoms with van der Waals surface area (Å²) in [6.07, 6.45) is 5.62. The van der Waals surface area contributed by atoms with Gasteiger partial charge in [-0.1, -0.05) is 6.92 Å². The summed E-state index contributed by atoms with van der Waals surface area (Å²) in [4.78, 5) is 30.8. The molecule has 2 atom stereocenters. The van der Waals surface area contributed by atoms with E-state index in [1.54, 1.807) is 6.33 Å². The Bertz CT molecular complexity index is 638. The molecular formula is C19H32N4O4. The molecule has 2 heterocycles. The lowest BCUT2D eigenvalue weighted by Crippen LogP contribution is -2.45. The van der Waals surface area contributed by atoms with Crippen molar-refractivity contribution >= 4 is 12.1 Å². The minimum Gasteiger partial charge on any atom is -0.468 e. The van der Waals surface area contributed by atoms with Crippen molar-refractivity contribution in [2.75, 3.05) is 20.2 Å². The fourth-order valence-electron chi connectivity index (χ4n) is 3.25. The lowest BCUT2D eigenvalue weighted by molar-refractivity contribution is -0.146. The fraction of sp³-hybridized carbons (Fsp3) is 0.737. The van der Waals surface area contributed by atoms with E-state index >= 15 is 0 Å². The molecule has 8 heteroatoms. The highest BCUT2D eigenvalue weighted by molar-refractivity contribution is 5.76. The third-order valence-corrected chi connectivity index (χ3v) is 4.43. The van der Waals surface area contributed by atoms with Gasteiger partial charge in [0.1, 0.15) is 11.6 Å². The highest BCUT2D eigenvalue weighted by Crippen LogP contribution is 2.18. The summed E-state index contributed by atoms with van der Waals surface area (Å²) in [5.41, 5.74) is 0.330. The molecule has 0 aliphatic carbocycles. The number of likely N-dealkylation sites (tertiary alicyclic amines) is 1. The van der Waals surface area contributed by atoms with Gasteiger partial charge in [-0.3, -0.25) is 9.69 Å². The maximum absolute atomic E-state index is 12.3. The van der Waals surface area contributed by atoms with Crippen LogP contribution in [0.2, 0.25) is 0 Å². The van der Waals surface area contributed by atoms with E-state index in [0.29, 0.717) is 19.5 Å². The molecule has 8 nitrogen and oxygen atoms in total. The van der Waals surface area contributed by atoms with Crippen LogP contribution in [0, 0.1) is 0 Å². The average molecular weight is 380 g/mol. The van der Waals surface area contributed by atoms with Crippen molar-refractivity contribution in [3.63, 3.8) is 0 Å². The molecule has 0 saturated carbocycles. The van der Waals surface area contributed by atoms with E-state index in [1.807, 2.05) is 36.4 Å². The molecule has 1 fully saturated rings. The molecule has 0 bridgehead atoms. The molecule has 0 radical (unpaired) electrons. The van der Waals surface area contributed by atoms with Crippen LogP contribution in [-0.2, 0) is 27.2 Å². The summed E-state index contributed by atoms with van der Waals surface area (Å²) < 4.78 is 12.3. The molecule has 1 saturated heterocycles. The van der Waals surface area contributed by atoms with Crippen molar-refractivity contribution in [1.82, 2.24) is 19.8 Å². The van der Waals surface area contributed by atoms with Gasteiger partial charge in [-0.2, -0.15) is 0 Å². The van der Waals surface area contributed by atoms with E-state index in [1.165, 1.54) is 7.11 Å². The number of carbonyl (C=O) groups excluding carboxylic acids is 2. The van der Waals surface area contributed by atoms with Gasteiger partial charge in [0.2, 0.25) is 0 Å². The van der Waals surface area contributed by atoms with Crippen LogP contribution >= 0.6 is 0 Å². The minimum absolute atomic E-state index is 0.0512. The quantitative estimate of drug-likeness (QED) is 0.728. The van der Waals surface area contributed by atoms with E-state index in [0.717, 1.165) is 25.1 Å². The first-order chi connectivity index (χ1) is 12.7. The smallest absolute Gasteiger partial charge is 0.407 e. The number of aromatic nitrogens is 2. The lowest BCUT2D eigenvalue weighted by atomic mass is 10.1. The second kappa shape index (κ2) is 9.21. The van der Waals surface area contributed by atoms with Gasteiger partial charge in [0.25, 0.3) is 0 Å². The zero-order valence-electron chi connectivity index (χ0n) is 17.0. The zero-order chi connectivity index (χ0) is 20.0.